The van der Waals surface area contributed by atoms with Crippen molar-refractivity contribution < 1.29 is 4.74 Å². The average Bonchev–Trinajstić information content (AvgIpc) is 2.81. The van der Waals surface area contributed by atoms with Gasteiger partial charge in [0.25, 0.3) is 0 Å². The minimum Gasteiger partial charge on any atom is -0.497 e. The number of hydrogen-bond donors (Lipinski definition) is 2. The number of aromatic nitrogens is 2. The first-order valence-electron chi connectivity index (χ1n) is 6.39. The Kier molecular flexibility index (Phi) is 4.41. The van der Waals surface area contributed by atoms with Crippen molar-refractivity contribution in [1.29, 1.82) is 0 Å². The first-order chi connectivity index (χ1) is 9.26. The van der Waals surface area contributed by atoms with Gasteiger partial charge in [-0.15, -0.1) is 0 Å². The maximum absolute atomic E-state index is 5.48. The Hall–Kier alpha value is -2.01. The number of hydrogen-bond acceptors (Lipinski definition) is 4. The topological polar surface area (TPSA) is 65.1 Å². The summed E-state index contributed by atoms with van der Waals surface area (Å²) in [6, 6.07) is 7.83. The average molecular weight is 260 g/mol. The predicted molar refractivity (Wildman–Crippen MR) is 77.0 cm³/mol. The van der Waals surface area contributed by atoms with Crippen LogP contribution in [0.4, 0.5) is 5.69 Å². The highest BCUT2D eigenvalue weighted by atomic mass is 16.5. The van der Waals surface area contributed by atoms with E-state index in [1.165, 1.54) is 0 Å². The summed E-state index contributed by atoms with van der Waals surface area (Å²) in [5, 5.41) is 7.74. The van der Waals surface area contributed by atoms with Gasteiger partial charge in [0.1, 0.15) is 5.75 Å². The van der Waals surface area contributed by atoms with E-state index in [9.17, 15) is 0 Å². The fraction of sp³-hybridized carbons (Fsp3) is 0.357. The van der Waals surface area contributed by atoms with Crippen LogP contribution >= 0.6 is 0 Å². The molecule has 0 aliphatic heterocycles. The third-order valence-corrected chi connectivity index (χ3v) is 3.02. The van der Waals surface area contributed by atoms with Gasteiger partial charge in [-0.05, 0) is 44.2 Å². The molecule has 5 heteroatoms. The lowest BCUT2D eigenvalue weighted by molar-refractivity contribution is 0.414. The molecule has 0 saturated carbocycles. The van der Waals surface area contributed by atoms with Gasteiger partial charge in [0.15, 0.2) is 0 Å². The van der Waals surface area contributed by atoms with E-state index in [4.69, 9.17) is 10.5 Å². The zero-order valence-corrected chi connectivity index (χ0v) is 11.4. The van der Waals surface area contributed by atoms with E-state index in [2.05, 4.69) is 10.4 Å². The van der Waals surface area contributed by atoms with Crippen LogP contribution in [0.5, 0.6) is 5.75 Å². The number of methoxy groups -OCH3 is 1. The summed E-state index contributed by atoms with van der Waals surface area (Å²) in [5.74, 6) is 0.842. The van der Waals surface area contributed by atoms with E-state index in [-0.39, 0.29) is 0 Å². The predicted octanol–water partition coefficient (Wildman–Crippen LogP) is 1.95. The quantitative estimate of drug-likeness (QED) is 0.779. The van der Waals surface area contributed by atoms with Crippen LogP contribution < -0.4 is 15.8 Å². The second-order valence-electron chi connectivity index (χ2n) is 4.32. The molecule has 0 unspecified atom stereocenters. The van der Waals surface area contributed by atoms with Gasteiger partial charge in [0, 0.05) is 6.54 Å². The highest BCUT2D eigenvalue weighted by Crippen LogP contribution is 2.20. The molecule has 0 aliphatic carbocycles. The summed E-state index contributed by atoms with van der Waals surface area (Å²) in [6.45, 7) is 3.60. The maximum atomic E-state index is 5.48. The van der Waals surface area contributed by atoms with Crippen LogP contribution in [0, 0.1) is 6.92 Å². The summed E-state index contributed by atoms with van der Waals surface area (Å²) >= 11 is 0. The molecular weight excluding hydrogens is 240 g/mol. The lowest BCUT2D eigenvalue weighted by Crippen LogP contribution is -2.09. The van der Waals surface area contributed by atoms with Gasteiger partial charge in [-0.3, -0.25) is 0 Å². The van der Waals surface area contributed by atoms with Crippen molar-refractivity contribution in [3.05, 3.63) is 36.2 Å². The van der Waals surface area contributed by atoms with Crippen molar-refractivity contribution in [3.8, 4) is 11.4 Å². The second kappa shape index (κ2) is 6.24. The van der Waals surface area contributed by atoms with Crippen molar-refractivity contribution in [2.45, 2.75) is 13.3 Å². The molecule has 5 nitrogen and oxygen atoms in total. The highest BCUT2D eigenvalue weighted by Gasteiger charge is 2.07. The molecule has 0 fully saturated rings. The van der Waals surface area contributed by atoms with E-state index >= 15 is 0 Å². The fourth-order valence-corrected chi connectivity index (χ4v) is 1.89. The van der Waals surface area contributed by atoms with Crippen LogP contribution in [0.15, 0.2) is 30.5 Å². The fourth-order valence-electron chi connectivity index (χ4n) is 1.89. The SMILES string of the molecule is COc1ccc(-n2ncc(NCCCN)c2C)cc1. The molecule has 19 heavy (non-hydrogen) atoms. The minimum atomic E-state index is 0.693. The standard InChI is InChI=1S/C14H20N4O/c1-11-14(16-9-3-8-15)10-17-18(11)12-4-6-13(19-2)7-5-12/h4-7,10,16H,3,8-9,15H2,1-2H3. The van der Waals surface area contributed by atoms with E-state index < -0.39 is 0 Å². The van der Waals surface area contributed by atoms with Crippen molar-refractivity contribution in [2.75, 3.05) is 25.5 Å². The summed E-state index contributed by atoms with van der Waals surface area (Å²) < 4.78 is 7.06. The van der Waals surface area contributed by atoms with Crippen molar-refractivity contribution in [3.63, 3.8) is 0 Å². The maximum Gasteiger partial charge on any atom is 0.119 e. The van der Waals surface area contributed by atoms with Gasteiger partial charge in [0.2, 0.25) is 0 Å². The van der Waals surface area contributed by atoms with Crippen LogP contribution in [-0.4, -0.2) is 30.0 Å². The van der Waals surface area contributed by atoms with E-state index in [1.54, 1.807) is 7.11 Å². The molecule has 1 aromatic carbocycles. The Morgan fingerprint density at radius 2 is 2.05 bits per heavy atom. The largest absolute Gasteiger partial charge is 0.497 e. The molecule has 0 radical (unpaired) electrons. The number of anilines is 1. The number of rotatable bonds is 6. The van der Waals surface area contributed by atoms with Crippen molar-refractivity contribution in [1.82, 2.24) is 9.78 Å². The van der Waals surface area contributed by atoms with Crippen LogP contribution in [0.2, 0.25) is 0 Å². The second-order valence-corrected chi connectivity index (χ2v) is 4.32. The lowest BCUT2D eigenvalue weighted by atomic mass is 10.3. The Balaban J connectivity index is 2.15. The Morgan fingerprint density at radius 3 is 2.68 bits per heavy atom. The lowest BCUT2D eigenvalue weighted by Gasteiger charge is -2.07. The third-order valence-electron chi connectivity index (χ3n) is 3.02. The van der Waals surface area contributed by atoms with Gasteiger partial charge in [-0.25, -0.2) is 4.68 Å². The van der Waals surface area contributed by atoms with Gasteiger partial charge >= 0.3 is 0 Å². The van der Waals surface area contributed by atoms with Gasteiger partial charge < -0.3 is 15.8 Å². The minimum absolute atomic E-state index is 0.693. The number of nitrogens with one attached hydrogen (secondary N) is 1. The molecule has 2 aromatic rings. The molecule has 1 aromatic heterocycles. The number of nitrogens with zero attached hydrogens (tertiary/aromatic N) is 2. The molecule has 0 amide bonds. The van der Waals surface area contributed by atoms with Gasteiger partial charge in [0.05, 0.1) is 30.4 Å². The summed E-state index contributed by atoms with van der Waals surface area (Å²) in [4.78, 5) is 0. The monoisotopic (exact) mass is 260 g/mol. The van der Waals surface area contributed by atoms with Crippen LogP contribution in [-0.2, 0) is 0 Å². The molecule has 0 atom stereocenters. The summed E-state index contributed by atoms with van der Waals surface area (Å²) in [5.41, 5.74) is 8.63. The highest BCUT2D eigenvalue weighted by molar-refractivity contribution is 5.50. The normalized spacial score (nSPS) is 10.5. The molecule has 3 N–H and O–H groups in total. The summed E-state index contributed by atoms with van der Waals surface area (Å²) in [7, 11) is 1.66. The van der Waals surface area contributed by atoms with E-state index in [0.29, 0.717) is 6.54 Å². The molecule has 1 heterocycles. The molecule has 0 saturated heterocycles. The third kappa shape index (κ3) is 3.06. The molecule has 2 rings (SSSR count). The molecule has 0 spiro atoms. The molecular formula is C14H20N4O. The smallest absolute Gasteiger partial charge is 0.119 e. The zero-order valence-electron chi connectivity index (χ0n) is 11.4. The number of benzene rings is 1. The Bertz CT molecular complexity index is 519. The van der Waals surface area contributed by atoms with Crippen molar-refractivity contribution >= 4 is 5.69 Å². The molecule has 0 aliphatic rings. The Morgan fingerprint density at radius 1 is 1.32 bits per heavy atom. The first-order valence-corrected chi connectivity index (χ1v) is 6.39. The van der Waals surface area contributed by atoms with Crippen LogP contribution in [0.25, 0.3) is 5.69 Å². The first kappa shape index (κ1) is 13.4. The van der Waals surface area contributed by atoms with Crippen LogP contribution in [0.1, 0.15) is 12.1 Å². The zero-order chi connectivity index (χ0) is 13.7. The van der Waals surface area contributed by atoms with E-state index in [0.717, 1.165) is 35.8 Å². The van der Waals surface area contributed by atoms with Crippen LogP contribution in [0.3, 0.4) is 0 Å². The summed E-state index contributed by atoms with van der Waals surface area (Å²) in [6.07, 6.45) is 2.79. The number of ether oxygens (including phenoxy) is 1. The van der Waals surface area contributed by atoms with E-state index in [1.807, 2.05) is 42.1 Å². The van der Waals surface area contributed by atoms with Gasteiger partial charge in [-0.2, -0.15) is 5.10 Å². The molecule has 0 bridgehead atoms. The Labute approximate surface area is 113 Å². The molecule has 102 valence electrons. The van der Waals surface area contributed by atoms with Crippen molar-refractivity contribution in [2.24, 2.45) is 5.73 Å². The number of nitrogens with two attached hydrogens (primary N) is 1. The van der Waals surface area contributed by atoms with Gasteiger partial charge in [-0.1, -0.05) is 0 Å².